The van der Waals surface area contributed by atoms with Crippen molar-refractivity contribution >= 4 is 5.91 Å². The van der Waals surface area contributed by atoms with Gasteiger partial charge in [0.1, 0.15) is 0 Å². The Balaban J connectivity index is 2.16. The fourth-order valence-electron chi connectivity index (χ4n) is 3.02. The number of aryl methyl sites for hydroxylation is 3. The Morgan fingerprint density at radius 3 is 2.47 bits per heavy atom. The highest BCUT2D eigenvalue weighted by atomic mass is 16.1. The molecule has 1 aliphatic rings. The molecular formula is C16H24N2O. The van der Waals surface area contributed by atoms with Crippen LogP contribution in [0.15, 0.2) is 12.1 Å². The standard InChI is InChI=1S/C16H24N2O/c1-10-8-11(2)15(12(3)9-10)16(19)18-14-6-5-7-17-13(14)4/h8-9,13-14,17H,5-7H2,1-4H3,(H,18,19). The Kier molecular flexibility index (Phi) is 4.25. The third-order valence-corrected chi connectivity index (χ3v) is 3.98. The molecule has 1 saturated heterocycles. The number of piperidine rings is 1. The number of hydrogen-bond acceptors (Lipinski definition) is 2. The number of rotatable bonds is 2. The van der Waals surface area contributed by atoms with E-state index in [4.69, 9.17) is 0 Å². The summed E-state index contributed by atoms with van der Waals surface area (Å²) in [6.07, 6.45) is 2.19. The molecule has 0 saturated carbocycles. The van der Waals surface area contributed by atoms with Crippen LogP contribution < -0.4 is 10.6 Å². The molecule has 1 aromatic carbocycles. The highest BCUT2D eigenvalue weighted by Crippen LogP contribution is 2.17. The van der Waals surface area contributed by atoms with Crippen molar-refractivity contribution in [3.63, 3.8) is 0 Å². The molecule has 0 radical (unpaired) electrons. The zero-order chi connectivity index (χ0) is 14.0. The maximum Gasteiger partial charge on any atom is 0.252 e. The number of hydrogen-bond donors (Lipinski definition) is 2. The van der Waals surface area contributed by atoms with Gasteiger partial charge < -0.3 is 10.6 Å². The van der Waals surface area contributed by atoms with Crippen LogP contribution in [0.2, 0.25) is 0 Å². The van der Waals surface area contributed by atoms with Crippen molar-refractivity contribution in [2.45, 2.75) is 52.6 Å². The third kappa shape index (κ3) is 3.16. The lowest BCUT2D eigenvalue weighted by atomic mass is 9.96. The number of carbonyl (C=O) groups excluding carboxylic acids is 1. The van der Waals surface area contributed by atoms with Crippen molar-refractivity contribution in [2.24, 2.45) is 0 Å². The molecule has 2 N–H and O–H groups in total. The molecule has 1 fully saturated rings. The first-order valence-electron chi connectivity index (χ1n) is 7.11. The van der Waals surface area contributed by atoms with Gasteiger partial charge in [0, 0.05) is 17.6 Å². The van der Waals surface area contributed by atoms with Crippen molar-refractivity contribution < 1.29 is 4.79 Å². The summed E-state index contributed by atoms with van der Waals surface area (Å²) < 4.78 is 0. The van der Waals surface area contributed by atoms with Crippen molar-refractivity contribution in [1.82, 2.24) is 10.6 Å². The molecule has 3 heteroatoms. The van der Waals surface area contributed by atoms with E-state index in [0.29, 0.717) is 6.04 Å². The van der Waals surface area contributed by atoms with Crippen LogP contribution in [-0.4, -0.2) is 24.5 Å². The molecule has 2 rings (SSSR count). The third-order valence-electron chi connectivity index (χ3n) is 3.98. The van der Waals surface area contributed by atoms with Crippen molar-refractivity contribution in [3.05, 3.63) is 34.4 Å². The molecule has 1 heterocycles. The van der Waals surface area contributed by atoms with Crippen LogP contribution in [0.4, 0.5) is 0 Å². The van der Waals surface area contributed by atoms with Gasteiger partial charge in [-0.25, -0.2) is 0 Å². The van der Waals surface area contributed by atoms with Crippen LogP contribution >= 0.6 is 0 Å². The summed E-state index contributed by atoms with van der Waals surface area (Å²) in [7, 11) is 0. The van der Waals surface area contributed by atoms with Gasteiger partial charge >= 0.3 is 0 Å². The van der Waals surface area contributed by atoms with Crippen LogP contribution in [0, 0.1) is 20.8 Å². The van der Waals surface area contributed by atoms with E-state index in [-0.39, 0.29) is 11.9 Å². The molecule has 2 unspecified atom stereocenters. The first-order valence-corrected chi connectivity index (χ1v) is 7.11. The average Bonchev–Trinajstić information content (AvgIpc) is 2.30. The van der Waals surface area contributed by atoms with Crippen molar-refractivity contribution in [3.8, 4) is 0 Å². The predicted molar refractivity (Wildman–Crippen MR) is 78.6 cm³/mol. The SMILES string of the molecule is Cc1cc(C)c(C(=O)NC2CCCNC2C)c(C)c1. The Hall–Kier alpha value is -1.35. The minimum absolute atomic E-state index is 0.0653. The summed E-state index contributed by atoms with van der Waals surface area (Å²) in [6, 6.07) is 4.74. The summed E-state index contributed by atoms with van der Waals surface area (Å²) in [5, 5.41) is 6.60. The predicted octanol–water partition coefficient (Wildman–Crippen LogP) is 2.48. The molecule has 104 valence electrons. The summed E-state index contributed by atoms with van der Waals surface area (Å²) in [5.41, 5.74) is 4.17. The Bertz CT molecular complexity index is 459. The van der Waals surface area contributed by atoms with E-state index in [1.165, 1.54) is 5.56 Å². The monoisotopic (exact) mass is 260 g/mol. The lowest BCUT2D eigenvalue weighted by Gasteiger charge is -2.31. The van der Waals surface area contributed by atoms with Crippen LogP contribution in [0.5, 0.6) is 0 Å². The molecule has 1 aromatic rings. The average molecular weight is 260 g/mol. The zero-order valence-corrected chi connectivity index (χ0v) is 12.3. The van der Waals surface area contributed by atoms with Gasteiger partial charge in [-0.1, -0.05) is 17.7 Å². The van der Waals surface area contributed by atoms with Crippen LogP contribution in [0.3, 0.4) is 0 Å². The summed E-state index contributed by atoms with van der Waals surface area (Å²) >= 11 is 0. The van der Waals surface area contributed by atoms with Crippen LogP contribution in [0.1, 0.15) is 46.8 Å². The van der Waals surface area contributed by atoms with Gasteiger partial charge in [0.2, 0.25) is 0 Å². The lowest BCUT2D eigenvalue weighted by molar-refractivity contribution is 0.0918. The van der Waals surface area contributed by atoms with E-state index in [1.54, 1.807) is 0 Å². The largest absolute Gasteiger partial charge is 0.348 e. The molecule has 0 spiro atoms. The Morgan fingerprint density at radius 1 is 1.26 bits per heavy atom. The number of amides is 1. The highest BCUT2D eigenvalue weighted by molar-refractivity contribution is 5.97. The Morgan fingerprint density at radius 2 is 1.89 bits per heavy atom. The second-order valence-electron chi connectivity index (χ2n) is 5.74. The van der Waals surface area contributed by atoms with E-state index in [0.717, 1.165) is 36.1 Å². The maximum atomic E-state index is 12.5. The molecule has 1 amide bonds. The quantitative estimate of drug-likeness (QED) is 0.857. The molecular weight excluding hydrogens is 236 g/mol. The van der Waals surface area contributed by atoms with Gasteiger partial charge in [0.15, 0.2) is 0 Å². The van der Waals surface area contributed by atoms with E-state index < -0.39 is 0 Å². The fourth-order valence-corrected chi connectivity index (χ4v) is 3.02. The molecule has 0 bridgehead atoms. The summed E-state index contributed by atoms with van der Waals surface area (Å²) in [5.74, 6) is 0.0653. The number of carbonyl (C=O) groups is 1. The van der Waals surface area contributed by atoms with Gasteiger partial charge in [0.05, 0.1) is 0 Å². The minimum Gasteiger partial charge on any atom is -0.348 e. The zero-order valence-electron chi connectivity index (χ0n) is 12.3. The Labute approximate surface area is 115 Å². The molecule has 1 aliphatic heterocycles. The normalized spacial score (nSPS) is 23.2. The number of nitrogens with one attached hydrogen (secondary N) is 2. The minimum atomic E-state index is 0.0653. The first-order chi connectivity index (χ1) is 8.99. The second-order valence-corrected chi connectivity index (χ2v) is 5.74. The molecule has 19 heavy (non-hydrogen) atoms. The van der Waals surface area contributed by atoms with Gasteiger partial charge in [-0.05, 0) is 58.2 Å². The maximum absolute atomic E-state index is 12.5. The molecule has 2 atom stereocenters. The number of benzene rings is 1. The second kappa shape index (κ2) is 5.74. The van der Waals surface area contributed by atoms with Crippen molar-refractivity contribution in [2.75, 3.05) is 6.54 Å². The van der Waals surface area contributed by atoms with E-state index in [2.05, 4.69) is 36.6 Å². The molecule has 3 nitrogen and oxygen atoms in total. The van der Waals surface area contributed by atoms with Gasteiger partial charge in [-0.2, -0.15) is 0 Å². The van der Waals surface area contributed by atoms with Crippen LogP contribution in [0.25, 0.3) is 0 Å². The fraction of sp³-hybridized carbons (Fsp3) is 0.562. The first kappa shape index (κ1) is 14.1. The molecule has 0 aliphatic carbocycles. The molecule has 0 aromatic heterocycles. The van der Waals surface area contributed by atoms with E-state index >= 15 is 0 Å². The summed E-state index contributed by atoms with van der Waals surface area (Å²) in [4.78, 5) is 12.5. The van der Waals surface area contributed by atoms with Gasteiger partial charge in [-0.3, -0.25) is 4.79 Å². The van der Waals surface area contributed by atoms with Gasteiger partial charge in [0.25, 0.3) is 5.91 Å². The lowest BCUT2D eigenvalue weighted by Crippen LogP contribution is -2.52. The summed E-state index contributed by atoms with van der Waals surface area (Å²) in [6.45, 7) is 9.28. The van der Waals surface area contributed by atoms with Gasteiger partial charge in [-0.15, -0.1) is 0 Å². The van der Waals surface area contributed by atoms with E-state index in [1.807, 2.05) is 13.8 Å². The van der Waals surface area contributed by atoms with Crippen molar-refractivity contribution in [1.29, 1.82) is 0 Å². The topological polar surface area (TPSA) is 41.1 Å². The van der Waals surface area contributed by atoms with Crippen LogP contribution in [-0.2, 0) is 0 Å². The highest BCUT2D eigenvalue weighted by Gasteiger charge is 2.24. The smallest absolute Gasteiger partial charge is 0.252 e. The van der Waals surface area contributed by atoms with E-state index in [9.17, 15) is 4.79 Å².